The smallest absolute Gasteiger partial charge is 0.317 e. The van der Waals surface area contributed by atoms with Crippen LogP contribution in [0.15, 0.2) is 0 Å². The fourth-order valence-electron chi connectivity index (χ4n) is 3.17. The van der Waals surface area contributed by atoms with Gasteiger partial charge in [-0.25, -0.2) is 13.2 Å². The Balaban J connectivity index is 2.57. The van der Waals surface area contributed by atoms with Gasteiger partial charge in [0.1, 0.15) is 9.84 Å². The molecule has 1 saturated carbocycles. The van der Waals surface area contributed by atoms with Crippen LogP contribution in [0.4, 0.5) is 4.79 Å². The van der Waals surface area contributed by atoms with Gasteiger partial charge in [0.15, 0.2) is 0 Å². The Labute approximate surface area is 129 Å². The van der Waals surface area contributed by atoms with Gasteiger partial charge in [0, 0.05) is 25.4 Å². The molecule has 0 saturated heterocycles. The van der Waals surface area contributed by atoms with Crippen LogP contribution >= 0.6 is 0 Å². The topological polar surface area (TPSA) is 66.5 Å². The molecule has 0 aromatic heterocycles. The molecule has 0 radical (unpaired) electrons. The molecule has 21 heavy (non-hydrogen) atoms. The van der Waals surface area contributed by atoms with E-state index >= 15 is 0 Å². The normalized spacial score (nSPS) is 27.0. The molecule has 0 heterocycles. The van der Waals surface area contributed by atoms with E-state index in [1.807, 2.05) is 0 Å². The molecule has 0 spiro atoms. The fraction of sp³-hybridized carbons (Fsp3) is 0.933. The molecule has 3 unspecified atom stereocenters. The molecule has 1 rings (SSSR count). The Morgan fingerprint density at radius 2 is 2.00 bits per heavy atom. The van der Waals surface area contributed by atoms with E-state index in [9.17, 15) is 13.2 Å². The first-order chi connectivity index (χ1) is 9.41. The lowest BCUT2D eigenvalue weighted by Crippen LogP contribution is -2.51. The Morgan fingerprint density at radius 3 is 2.48 bits per heavy atom. The zero-order chi connectivity index (χ0) is 16.4. The summed E-state index contributed by atoms with van der Waals surface area (Å²) in [6.07, 6.45) is 4.38. The Kier molecular flexibility index (Phi) is 5.69. The lowest BCUT2D eigenvalue weighted by Gasteiger charge is -2.40. The van der Waals surface area contributed by atoms with Crippen LogP contribution in [0, 0.1) is 11.3 Å². The second-order valence-corrected chi connectivity index (χ2v) is 9.68. The third-order valence-corrected chi connectivity index (χ3v) is 5.62. The highest BCUT2D eigenvalue weighted by Crippen LogP contribution is 2.38. The average molecular weight is 318 g/mol. The van der Waals surface area contributed by atoms with Gasteiger partial charge in [-0.1, -0.05) is 20.8 Å². The molecule has 1 aliphatic carbocycles. The molecule has 0 aromatic carbocycles. The zero-order valence-corrected chi connectivity index (χ0v) is 15.0. The summed E-state index contributed by atoms with van der Waals surface area (Å²) >= 11 is 0. The number of sulfone groups is 1. The van der Waals surface area contributed by atoms with Crippen LogP contribution in [0.3, 0.4) is 0 Å². The predicted molar refractivity (Wildman–Crippen MR) is 86.1 cm³/mol. The van der Waals surface area contributed by atoms with Crippen molar-refractivity contribution in [2.75, 3.05) is 19.1 Å². The van der Waals surface area contributed by atoms with Gasteiger partial charge in [-0.3, -0.25) is 0 Å². The molecule has 0 bridgehead atoms. The maximum Gasteiger partial charge on any atom is 0.317 e. The minimum Gasteiger partial charge on any atom is -0.335 e. The summed E-state index contributed by atoms with van der Waals surface area (Å²) in [5.74, 6) is 0.431. The van der Waals surface area contributed by atoms with Gasteiger partial charge in [-0.05, 0) is 37.5 Å². The Morgan fingerprint density at radius 1 is 1.43 bits per heavy atom. The quantitative estimate of drug-likeness (QED) is 0.865. The highest BCUT2D eigenvalue weighted by atomic mass is 32.2. The molecule has 0 aliphatic heterocycles. The van der Waals surface area contributed by atoms with Crippen LogP contribution in [0.25, 0.3) is 0 Å². The highest BCUT2D eigenvalue weighted by Gasteiger charge is 2.33. The number of carbonyl (C=O) groups is 1. The van der Waals surface area contributed by atoms with Gasteiger partial charge < -0.3 is 10.2 Å². The van der Waals surface area contributed by atoms with Crippen molar-refractivity contribution < 1.29 is 13.2 Å². The molecule has 1 fully saturated rings. The Bertz CT molecular complexity index is 473. The highest BCUT2D eigenvalue weighted by molar-refractivity contribution is 7.90. The van der Waals surface area contributed by atoms with Crippen molar-refractivity contribution in [1.29, 1.82) is 0 Å². The molecule has 0 aromatic rings. The molecule has 5 nitrogen and oxygen atoms in total. The van der Waals surface area contributed by atoms with Crippen molar-refractivity contribution in [2.45, 2.75) is 59.0 Å². The first-order valence-corrected chi connectivity index (χ1v) is 9.68. The minimum atomic E-state index is -3.08. The van der Waals surface area contributed by atoms with Crippen LogP contribution in [-0.4, -0.2) is 50.5 Å². The van der Waals surface area contributed by atoms with Crippen LogP contribution in [0.1, 0.15) is 47.0 Å². The van der Waals surface area contributed by atoms with Gasteiger partial charge in [0.05, 0.1) is 5.75 Å². The summed E-state index contributed by atoms with van der Waals surface area (Å²) in [5, 5.41) is 3.07. The maximum atomic E-state index is 12.3. The third-order valence-electron chi connectivity index (χ3n) is 4.53. The third kappa shape index (κ3) is 5.85. The van der Waals surface area contributed by atoms with E-state index in [1.165, 1.54) is 11.2 Å². The van der Waals surface area contributed by atoms with Crippen LogP contribution < -0.4 is 5.32 Å². The van der Waals surface area contributed by atoms with Crippen LogP contribution in [0.5, 0.6) is 0 Å². The molecule has 124 valence electrons. The molecule has 2 amide bonds. The van der Waals surface area contributed by atoms with Crippen molar-refractivity contribution in [3.8, 4) is 0 Å². The average Bonchev–Trinajstić information content (AvgIpc) is 2.28. The second-order valence-electron chi connectivity index (χ2n) is 7.49. The maximum absolute atomic E-state index is 12.3. The molecule has 1 N–H and O–H groups in total. The van der Waals surface area contributed by atoms with Crippen LogP contribution in [0.2, 0.25) is 0 Å². The monoisotopic (exact) mass is 318 g/mol. The molecule has 1 aliphatic rings. The SMILES string of the molecule is CC1CC(C)(C)CCC1NC(=O)N(C)C(C)CS(C)(=O)=O. The molecular formula is C15H30N2O3S. The summed E-state index contributed by atoms with van der Waals surface area (Å²) in [7, 11) is -1.43. The predicted octanol–water partition coefficient (Wildman–Crippen LogP) is 2.28. The molecular weight excluding hydrogens is 288 g/mol. The van der Waals surface area contributed by atoms with Gasteiger partial charge >= 0.3 is 6.03 Å². The van der Waals surface area contributed by atoms with Crippen molar-refractivity contribution in [1.82, 2.24) is 10.2 Å². The van der Waals surface area contributed by atoms with Crippen molar-refractivity contribution in [2.24, 2.45) is 11.3 Å². The van der Waals surface area contributed by atoms with Gasteiger partial charge in [-0.15, -0.1) is 0 Å². The van der Waals surface area contributed by atoms with E-state index in [0.717, 1.165) is 19.3 Å². The summed E-state index contributed by atoms with van der Waals surface area (Å²) in [4.78, 5) is 13.8. The summed E-state index contributed by atoms with van der Waals surface area (Å²) in [6, 6.07) is -0.323. The Hall–Kier alpha value is -0.780. The second kappa shape index (κ2) is 6.55. The molecule has 6 heteroatoms. The largest absolute Gasteiger partial charge is 0.335 e. The lowest BCUT2D eigenvalue weighted by atomic mass is 9.70. The van der Waals surface area contributed by atoms with Gasteiger partial charge in [0.2, 0.25) is 0 Å². The summed E-state index contributed by atoms with van der Waals surface area (Å²) in [6.45, 7) is 8.46. The van der Waals surface area contributed by atoms with E-state index in [1.54, 1.807) is 14.0 Å². The summed E-state index contributed by atoms with van der Waals surface area (Å²) < 4.78 is 22.6. The van der Waals surface area contributed by atoms with Crippen LogP contribution in [-0.2, 0) is 9.84 Å². The number of amides is 2. The van der Waals surface area contributed by atoms with E-state index < -0.39 is 9.84 Å². The first kappa shape index (κ1) is 18.3. The van der Waals surface area contributed by atoms with Crippen molar-refractivity contribution in [3.63, 3.8) is 0 Å². The van der Waals surface area contributed by atoms with E-state index in [-0.39, 0.29) is 23.9 Å². The number of nitrogens with zero attached hydrogens (tertiary/aromatic N) is 1. The lowest BCUT2D eigenvalue weighted by molar-refractivity contribution is 0.139. The first-order valence-electron chi connectivity index (χ1n) is 7.62. The standard InChI is InChI=1S/C15H30N2O3S/c1-11-9-15(3,4)8-7-13(11)16-14(18)17(5)12(2)10-21(6,19)20/h11-13H,7-10H2,1-6H3,(H,16,18). The number of hydrogen-bond acceptors (Lipinski definition) is 3. The number of nitrogens with one attached hydrogen (secondary N) is 1. The van der Waals surface area contributed by atoms with Gasteiger partial charge in [-0.2, -0.15) is 0 Å². The van der Waals surface area contributed by atoms with Gasteiger partial charge in [0.25, 0.3) is 0 Å². The number of rotatable bonds is 4. The fourth-order valence-corrected chi connectivity index (χ4v) is 4.27. The van der Waals surface area contributed by atoms with E-state index in [0.29, 0.717) is 11.3 Å². The number of hydrogen-bond donors (Lipinski definition) is 1. The zero-order valence-electron chi connectivity index (χ0n) is 14.1. The molecule has 3 atom stereocenters. The van der Waals surface area contributed by atoms with E-state index in [2.05, 4.69) is 26.1 Å². The van der Waals surface area contributed by atoms with Crippen molar-refractivity contribution in [3.05, 3.63) is 0 Å². The van der Waals surface area contributed by atoms with E-state index in [4.69, 9.17) is 0 Å². The van der Waals surface area contributed by atoms with Crippen molar-refractivity contribution >= 4 is 15.9 Å². The number of urea groups is 1. The minimum absolute atomic E-state index is 0.00975. The summed E-state index contributed by atoms with van der Waals surface area (Å²) in [5.41, 5.74) is 0.343. The number of carbonyl (C=O) groups excluding carboxylic acids is 1.